The number of carbonyl (C=O) groups is 1. The van der Waals surface area contributed by atoms with Crippen LogP contribution >= 0.6 is 11.3 Å². The summed E-state index contributed by atoms with van der Waals surface area (Å²) in [7, 11) is 0. The molecule has 0 aliphatic rings. The molecule has 17 heavy (non-hydrogen) atoms. The first kappa shape index (κ1) is 10.1. The lowest BCUT2D eigenvalue weighted by Gasteiger charge is -1.99. The first-order valence-corrected chi connectivity index (χ1v) is 5.94. The fourth-order valence-electron chi connectivity index (χ4n) is 1.69. The molecule has 82 valence electrons. The zero-order chi connectivity index (χ0) is 11.7. The second-order valence-corrected chi connectivity index (χ2v) is 4.70. The molecule has 1 aromatic carbocycles. The van der Waals surface area contributed by atoms with Crippen LogP contribution in [0.5, 0.6) is 0 Å². The smallest absolute Gasteiger partial charge is 0.160 e. The van der Waals surface area contributed by atoms with Crippen molar-refractivity contribution >= 4 is 28.7 Å². The molecule has 0 unspecified atom stereocenters. The standard InChI is InChI=1S/C13H8N2OS/c16-8-10-2-4-13(17-10)9-1-3-11-12(7-9)15-6-5-14-11/h1-8H. The number of aldehydes is 1. The molecular formula is C13H8N2OS. The number of carbonyl (C=O) groups excluding carboxylic acids is 1. The van der Waals surface area contributed by atoms with Gasteiger partial charge in [0.15, 0.2) is 6.29 Å². The lowest BCUT2D eigenvalue weighted by Crippen LogP contribution is -1.82. The van der Waals surface area contributed by atoms with Crippen molar-refractivity contribution in [3.8, 4) is 10.4 Å². The molecule has 0 N–H and O–H groups in total. The Bertz CT molecular complexity index is 690. The quantitative estimate of drug-likeness (QED) is 0.646. The normalized spacial score (nSPS) is 10.6. The van der Waals surface area contributed by atoms with E-state index >= 15 is 0 Å². The molecule has 0 amide bonds. The van der Waals surface area contributed by atoms with Crippen LogP contribution < -0.4 is 0 Å². The van der Waals surface area contributed by atoms with Gasteiger partial charge >= 0.3 is 0 Å². The Hall–Kier alpha value is -2.07. The number of aromatic nitrogens is 2. The van der Waals surface area contributed by atoms with Crippen LogP contribution in [0.2, 0.25) is 0 Å². The Labute approximate surface area is 102 Å². The van der Waals surface area contributed by atoms with E-state index in [2.05, 4.69) is 9.97 Å². The van der Waals surface area contributed by atoms with Crippen molar-refractivity contribution in [1.82, 2.24) is 9.97 Å². The molecule has 0 spiro atoms. The summed E-state index contributed by atoms with van der Waals surface area (Å²) in [6.45, 7) is 0. The molecular weight excluding hydrogens is 232 g/mol. The molecule has 0 bridgehead atoms. The largest absolute Gasteiger partial charge is 0.297 e. The summed E-state index contributed by atoms with van der Waals surface area (Å²) >= 11 is 1.48. The maximum atomic E-state index is 10.7. The van der Waals surface area contributed by atoms with Gasteiger partial charge in [-0.3, -0.25) is 14.8 Å². The van der Waals surface area contributed by atoms with Gasteiger partial charge in [-0.2, -0.15) is 0 Å². The number of hydrogen-bond donors (Lipinski definition) is 0. The topological polar surface area (TPSA) is 42.9 Å². The molecule has 4 heteroatoms. The van der Waals surface area contributed by atoms with Gasteiger partial charge in [0.05, 0.1) is 15.9 Å². The number of hydrogen-bond acceptors (Lipinski definition) is 4. The van der Waals surface area contributed by atoms with Gasteiger partial charge in [0, 0.05) is 17.3 Å². The highest BCUT2D eigenvalue weighted by atomic mass is 32.1. The molecule has 0 aliphatic heterocycles. The zero-order valence-corrected chi connectivity index (χ0v) is 9.65. The maximum absolute atomic E-state index is 10.7. The molecule has 3 aromatic rings. The second kappa shape index (κ2) is 4.07. The number of fused-ring (bicyclic) bond motifs is 1. The van der Waals surface area contributed by atoms with Crippen LogP contribution in [0.4, 0.5) is 0 Å². The van der Waals surface area contributed by atoms with E-state index in [-0.39, 0.29) is 0 Å². The second-order valence-electron chi connectivity index (χ2n) is 3.58. The third-order valence-electron chi connectivity index (χ3n) is 2.50. The average molecular weight is 240 g/mol. The van der Waals surface area contributed by atoms with E-state index in [9.17, 15) is 4.79 Å². The van der Waals surface area contributed by atoms with Crippen molar-refractivity contribution in [2.45, 2.75) is 0 Å². The van der Waals surface area contributed by atoms with Crippen molar-refractivity contribution in [3.05, 3.63) is 47.6 Å². The minimum absolute atomic E-state index is 0.735. The molecule has 3 rings (SSSR count). The summed E-state index contributed by atoms with van der Waals surface area (Å²) in [6.07, 6.45) is 4.23. The van der Waals surface area contributed by atoms with Gasteiger partial charge in [-0.15, -0.1) is 11.3 Å². The van der Waals surface area contributed by atoms with Crippen LogP contribution in [-0.2, 0) is 0 Å². The van der Waals surface area contributed by atoms with E-state index in [4.69, 9.17) is 0 Å². The Morgan fingerprint density at radius 2 is 1.82 bits per heavy atom. The lowest BCUT2D eigenvalue weighted by atomic mass is 10.1. The summed E-state index contributed by atoms with van der Waals surface area (Å²) in [5.74, 6) is 0. The Morgan fingerprint density at radius 3 is 2.59 bits per heavy atom. The van der Waals surface area contributed by atoms with E-state index in [1.165, 1.54) is 11.3 Å². The van der Waals surface area contributed by atoms with E-state index in [1.54, 1.807) is 12.4 Å². The Kier molecular flexibility index (Phi) is 2.42. The average Bonchev–Trinajstić information content (AvgIpc) is 2.87. The molecule has 3 nitrogen and oxygen atoms in total. The van der Waals surface area contributed by atoms with Gasteiger partial charge < -0.3 is 0 Å². The monoisotopic (exact) mass is 240 g/mol. The van der Waals surface area contributed by atoms with Crippen LogP contribution in [0.25, 0.3) is 21.5 Å². The van der Waals surface area contributed by atoms with Gasteiger partial charge in [-0.25, -0.2) is 0 Å². The highest BCUT2D eigenvalue weighted by molar-refractivity contribution is 7.17. The summed E-state index contributed by atoms with van der Waals surface area (Å²) in [6, 6.07) is 9.71. The third kappa shape index (κ3) is 1.83. The van der Waals surface area contributed by atoms with E-state index in [0.717, 1.165) is 32.6 Å². The number of nitrogens with zero attached hydrogens (tertiary/aromatic N) is 2. The summed E-state index contributed by atoms with van der Waals surface area (Å²) in [4.78, 5) is 20.9. The highest BCUT2D eigenvalue weighted by Crippen LogP contribution is 2.28. The number of thiophene rings is 1. The van der Waals surface area contributed by atoms with Gasteiger partial charge in [0.2, 0.25) is 0 Å². The van der Waals surface area contributed by atoms with E-state index in [1.807, 2.05) is 30.3 Å². The van der Waals surface area contributed by atoms with Gasteiger partial charge in [-0.1, -0.05) is 6.07 Å². The maximum Gasteiger partial charge on any atom is 0.160 e. The van der Waals surface area contributed by atoms with Crippen LogP contribution in [0.15, 0.2) is 42.7 Å². The summed E-state index contributed by atoms with van der Waals surface area (Å²) in [5.41, 5.74) is 2.81. The molecule has 0 saturated heterocycles. The fraction of sp³-hybridized carbons (Fsp3) is 0. The van der Waals surface area contributed by atoms with Crippen molar-refractivity contribution in [3.63, 3.8) is 0 Å². The first-order valence-electron chi connectivity index (χ1n) is 5.13. The minimum atomic E-state index is 0.735. The molecule has 0 aliphatic carbocycles. The zero-order valence-electron chi connectivity index (χ0n) is 8.83. The summed E-state index contributed by atoms with van der Waals surface area (Å²) in [5, 5.41) is 0. The van der Waals surface area contributed by atoms with Crippen molar-refractivity contribution < 1.29 is 4.79 Å². The predicted molar refractivity (Wildman–Crippen MR) is 68.2 cm³/mol. The molecule has 0 radical (unpaired) electrons. The first-order chi connectivity index (χ1) is 8.36. The molecule has 0 atom stereocenters. The van der Waals surface area contributed by atoms with Crippen LogP contribution in [0.1, 0.15) is 9.67 Å². The van der Waals surface area contributed by atoms with Gasteiger partial charge in [0.25, 0.3) is 0 Å². The van der Waals surface area contributed by atoms with Gasteiger partial charge in [0.1, 0.15) is 0 Å². The van der Waals surface area contributed by atoms with Crippen LogP contribution in [0.3, 0.4) is 0 Å². The molecule has 2 aromatic heterocycles. The Balaban J connectivity index is 2.14. The number of rotatable bonds is 2. The van der Waals surface area contributed by atoms with Crippen LogP contribution in [0, 0.1) is 0 Å². The van der Waals surface area contributed by atoms with E-state index in [0.29, 0.717) is 0 Å². The van der Waals surface area contributed by atoms with Crippen molar-refractivity contribution in [2.75, 3.05) is 0 Å². The molecule has 0 fully saturated rings. The Morgan fingerprint density at radius 1 is 1.00 bits per heavy atom. The number of benzene rings is 1. The third-order valence-corrected chi connectivity index (χ3v) is 3.56. The SMILES string of the molecule is O=Cc1ccc(-c2ccc3nccnc3c2)s1. The predicted octanol–water partition coefficient (Wildman–Crippen LogP) is 3.17. The van der Waals surface area contributed by atoms with Crippen molar-refractivity contribution in [1.29, 1.82) is 0 Å². The fourth-order valence-corrected chi connectivity index (χ4v) is 2.51. The van der Waals surface area contributed by atoms with E-state index < -0.39 is 0 Å². The minimum Gasteiger partial charge on any atom is -0.297 e. The van der Waals surface area contributed by atoms with Crippen molar-refractivity contribution in [2.24, 2.45) is 0 Å². The van der Waals surface area contributed by atoms with Crippen LogP contribution in [-0.4, -0.2) is 16.3 Å². The molecule has 2 heterocycles. The highest BCUT2D eigenvalue weighted by Gasteiger charge is 2.04. The van der Waals surface area contributed by atoms with Gasteiger partial charge in [-0.05, 0) is 29.8 Å². The molecule has 0 saturated carbocycles. The summed E-state index contributed by atoms with van der Waals surface area (Å²) < 4.78 is 0. The lowest BCUT2D eigenvalue weighted by molar-refractivity contribution is 0.112.